The number of aromatic amines is 1. The number of nitrogens with one attached hydrogen (secondary N) is 2. The van der Waals surface area contributed by atoms with E-state index in [1.807, 2.05) is 42.5 Å². The molecule has 0 spiro atoms. The van der Waals surface area contributed by atoms with Crippen LogP contribution < -0.4 is 5.32 Å². The number of hydrogen-bond acceptors (Lipinski definition) is 7. The van der Waals surface area contributed by atoms with Crippen molar-refractivity contribution in [3.8, 4) is 0 Å². The van der Waals surface area contributed by atoms with Gasteiger partial charge >= 0.3 is 0 Å². The number of amides is 1. The zero-order chi connectivity index (χ0) is 34.9. The molecule has 2 fully saturated rings. The first-order valence-corrected chi connectivity index (χ1v) is 17.2. The average Bonchev–Trinajstić information content (AvgIpc) is 3.70. The summed E-state index contributed by atoms with van der Waals surface area (Å²) in [4.78, 5) is 24.2. The first-order chi connectivity index (χ1) is 24.4. The van der Waals surface area contributed by atoms with Crippen molar-refractivity contribution in [3.05, 3.63) is 113 Å². The molecule has 50 heavy (non-hydrogen) atoms. The fourth-order valence-electron chi connectivity index (χ4n) is 6.25. The number of carbonyl (C=O) groups is 1. The van der Waals surface area contributed by atoms with Gasteiger partial charge in [-0.2, -0.15) is 5.10 Å². The predicted octanol–water partition coefficient (Wildman–Crippen LogP) is 7.86. The van der Waals surface area contributed by atoms with Crippen molar-refractivity contribution >= 4 is 51.8 Å². The third-order valence-corrected chi connectivity index (χ3v) is 9.37. The van der Waals surface area contributed by atoms with E-state index < -0.39 is 0 Å². The number of hydrogen-bond donors (Lipinski definition) is 3. The van der Waals surface area contributed by atoms with E-state index in [1.165, 1.54) is 6.07 Å². The van der Waals surface area contributed by atoms with Crippen LogP contribution in [0.25, 0.3) is 21.9 Å². The van der Waals surface area contributed by atoms with Crippen LogP contribution in [0.5, 0.6) is 0 Å². The highest BCUT2D eigenvalue weighted by atomic mass is 35.5. The number of nitrogens with zero attached hydrogens (tertiary/aromatic N) is 5. The van der Waals surface area contributed by atoms with Crippen LogP contribution >= 0.6 is 11.6 Å². The van der Waals surface area contributed by atoms with E-state index in [2.05, 4.69) is 42.8 Å². The Morgan fingerprint density at radius 1 is 1.14 bits per heavy atom. The molecule has 4 heterocycles. The van der Waals surface area contributed by atoms with Gasteiger partial charge in [-0.15, -0.1) is 0 Å². The lowest BCUT2D eigenvalue weighted by atomic mass is 9.93. The quantitative estimate of drug-likeness (QED) is 0.0734. The van der Waals surface area contributed by atoms with Crippen molar-refractivity contribution in [1.82, 2.24) is 24.6 Å². The molecule has 2 aliphatic rings. The van der Waals surface area contributed by atoms with Gasteiger partial charge in [-0.05, 0) is 106 Å². The Morgan fingerprint density at radius 2 is 1.98 bits per heavy atom. The van der Waals surface area contributed by atoms with Crippen LogP contribution in [0.2, 0.25) is 5.02 Å². The molecular weight excluding hydrogens is 657 g/mol. The summed E-state index contributed by atoms with van der Waals surface area (Å²) in [5.41, 5.74) is 4.62. The number of piperidine rings is 1. The van der Waals surface area contributed by atoms with Gasteiger partial charge < -0.3 is 19.7 Å². The summed E-state index contributed by atoms with van der Waals surface area (Å²) in [6.45, 7) is 8.01. The van der Waals surface area contributed by atoms with Crippen LogP contribution in [0.3, 0.4) is 0 Å². The van der Waals surface area contributed by atoms with Crippen LogP contribution in [0.15, 0.2) is 90.3 Å². The summed E-state index contributed by atoms with van der Waals surface area (Å²) < 4.78 is 20.9. The van der Waals surface area contributed by atoms with Gasteiger partial charge in [0.1, 0.15) is 11.6 Å². The van der Waals surface area contributed by atoms with Crippen LogP contribution in [-0.2, 0) is 24.4 Å². The third kappa shape index (κ3) is 8.84. The molecule has 1 amide bonds. The maximum atomic E-state index is 13.1. The number of aliphatic hydroxyl groups excluding tert-OH is 1. The first-order valence-electron chi connectivity index (χ1n) is 16.8. The maximum absolute atomic E-state index is 13.1. The minimum absolute atomic E-state index is 0.163. The molecule has 2 aromatic heterocycles. The Balaban J connectivity index is 0.000000336. The highest BCUT2D eigenvalue weighted by molar-refractivity contribution is 6.30. The number of ether oxygens (including phenoxy) is 1. The zero-order valence-electron chi connectivity index (χ0n) is 27.8. The molecule has 2 saturated heterocycles. The van der Waals surface area contributed by atoms with Crippen LogP contribution in [0.4, 0.5) is 10.1 Å². The molecule has 10 nitrogen and oxygen atoms in total. The number of H-pyrrole nitrogens is 1. The smallest absolute Gasteiger partial charge is 0.255 e. The SMILES string of the molecule is C=NCc1ccc(Cl)cc1F.O=C(Nc1ccc2[nH]ncc2c1)c1ccc2c(c1)nc(CN1CCC(C/C=C\C=C\O)CC1)n2C[C@@H]1CCO1. The summed E-state index contributed by atoms with van der Waals surface area (Å²) in [6.07, 6.45) is 13.1. The van der Waals surface area contributed by atoms with Gasteiger partial charge in [0, 0.05) is 33.8 Å². The Hall–Kier alpha value is -4.84. The molecule has 260 valence electrons. The number of imidazole rings is 1. The average molecular weight is 698 g/mol. The predicted molar refractivity (Wildman–Crippen MR) is 196 cm³/mol. The molecule has 3 N–H and O–H groups in total. The molecule has 5 aromatic rings. The highest BCUT2D eigenvalue weighted by Gasteiger charge is 2.25. The van der Waals surface area contributed by atoms with Gasteiger partial charge in [-0.25, -0.2) is 9.37 Å². The van der Waals surface area contributed by atoms with E-state index in [0.29, 0.717) is 28.6 Å². The lowest BCUT2D eigenvalue weighted by Crippen LogP contribution is -2.35. The van der Waals surface area contributed by atoms with E-state index in [-0.39, 0.29) is 17.8 Å². The van der Waals surface area contributed by atoms with E-state index >= 15 is 0 Å². The van der Waals surface area contributed by atoms with Crippen molar-refractivity contribution in [3.63, 3.8) is 0 Å². The Kier molecular flexibility index (Phi) is 11.7. The maximum Gasteiger partial charge on any atom is 0.255 e. The molecule has 12 heteroatoms. The molecule has 3 aromatic carbocycles. The molecule has 0 bridgehead atoms. The van der Waals surface area contributed by atoms with Crippen LogP contribution in [0.1, 0.15) is 47.4 Å². The van der Waals surface area contributed by atoms with E-state index in [9.17, 15) is 9.18 Å². The summed E-state index contributed by atoms with van der Waals surface area (Å²) in [7, 11) is 0. The fourth-order valence-corrected chi connectivity index (χ4v) is 6.41. The molecule has 0 radical (unpaired) electrons. The lowest BCUT2D eigenvalue weighted by Gasteiger charge is -2.32. The van der Waals surface area contributed by atoms with Crippen molar-refractivity contribution in [2.75, 3.05) is 25.0 Å². The molecule has 0 aliphatic carbocycles. The van der Waals surface area contributed by atoms with E-state index in [1.54, 1.807) is 24.4 Å². The molecule has 7 rings (SSSR count). The highest BCUT2D eigenvalue weighted by Crippen LogP contribution is 2.27. The summed E-state index contributed by atoms with van der Waals surface area (Å²) in [5.74, 6) is 1.20. The number of carbonyl (C=O) groups excluding carboxylic acids is 1. The number of aliphatic imine (C=N–C) groups is 1. The van der Waals surface area contributed by atoms with Gasteiger partial charge in [-0.1, -0.05) is 29.8 Å². The summed E-state index contributed by atoms with van der Waals surface area (Å²) in [6, 6.07) is 16.0. The largest absolute Gasteiger partial charge is 0.516 e. The number of aliphatic hydroxyl groups is 1. The summed E-state index contributed by atoms with van der Waals surface area (Å²) >= 11 is 5.53. The van der Waals surface area contributed by atoms with Gasteiger partial charge in [0.05, 0.1) is 54.7 Å². The number of benzene rings is 3. The van der Waals surface area contributed by atoms with Crippen LogP contribution in [-0.4, -0.2) is 68.2 Å². The molecule has 2 aliphatic heterocycles. The van der Waals surface area contributed by atoms with Crippen molar-refractivity contribution in [2.45, 2.75) is 51.4 Å². The lowest BCUT2D eigenvalue weighted by molar-refractivity contribution is -0.0592. The van der Waals surface area contributed by atoms with Crippen molar-refractivity contribution < 1.29 is 19.0 Å². The second-order valence-corrected chi connectivity index (χ2v) is 13.0. The van der Waals surface area contributed by atoms with Gasteiger partial charge in [0.25, 0.3) is 5.91 Å². The van der Waals surface area contributed by atoms with Crippen LogP contribution in [0, 0.1) is 11.7 Å². The Bertz CT molecular complexity index is 1990. The topological polar surface area (TPSA) is 121 Å². The molecular formula is C38H41ClFN7O3. The van der Waals surface area contributed by atoms with E-state index in [0.717, 1.165) is 98.2 Å². The number of fused-ring (bicyclic) bond motifs is 2. The minimum atomic E-state index is -0.329. The number of aromatic nitrogens is 4. The second kappa shape index (κ2) is 16.7. The zero-order valence-corrected chi connectivity index (χ0v) is 28.5. The Morgan fingerprint density at radius 3 is 2.72 bits per heavy atom. The number of anilines is 1. The monoisotopic (exact) mass is 697 g/mol. The molecule has 0 saturated carbocycles. The van der Waals surface area contributed by atoms with Gasteiger partial charge in [0.2, 0.25) is 0 Å². The Labute approximate surface area is 295 Å². The van der Waals surface area contributed by atoms with Gasteiger partial charge in [0.15, 0.2) is 0 Å². The minimum Gasteiger partial charge on any atom is -0.516 e. The number of allylic oxidation sites excluding steroid dienone is 3. The standard InChI is InChI=1S/C30H34N6O3.C8H7ClFN/c37-14-3-1-2-4-21-9-12-35(13-10-21)20-29-33-27-17-22(5-8-28(27)36(29)19-25-11-15-39-25)30(38)32-24-6-7-26-23(16-24)18-31-34-26;1-11-5-6-2-3-7(9)4-8(6)10/h1-3,5-8,14,16-18,21,25,37H,4,9-13,15,19-20H2,(H,31,34)(H,32,38);2-4H,1,5H2/b2-1-,14-3+;/t25-;/m0./s1. The van der Waals surface area contributed by atoms with E-state index in [4.69, 9.17) is 26.4 Å². The summed E-state index contributed by atoms with van der Waals surface area (Å²) in [5, 5.41) is 20.1. The van der Waals surface area contributed by atoms with Gasteiger partial charge in [-0.3, -0.25) is 19.8 Å². The molecule has 1 atom stereocenters. The molecule has 0 unspecified atom stereocenters. The third-order valence-electron chi connectivity index (χ3n) is 9.14. The second-order valence-electron chi connectivity index (χ2n) is 12.6. The van der Waals surface area contributed by atoms with Crippen molar-refractivity contribution in [2.24, 2.45) is 10.9 Å². The van der Waals surface area contributed by atoms with Crippen molar-refractivity contribution in [1.29, 1.82) is 0 Å². The fraction of sp³-hybridized carbons (Fsp3) is 0.316. The number of halogens is 2. The number of likely N-dealkylation sites (tertiary alicyclic amines) is 1. The number of rotatable bonds is 11. The normalized spacial score (nSPS) is 16.9. The first kappa shape index (κ1) is 35.0.